The highest BCUT2D eigenvalue weighted by molar-refractivity contribution is 5.45. The van der Waals surface area contributed by atoms with Gasteiger partial charge in [0, 0.05) is 12.3 Å². The van der Waals surface area contributed by atoms with Crippen molar-refractivity contribution in [2.75, 3.05) is 7.11 Å². The van der Waals surface area contributed by atoms with E-state index in [1.165, 1.54) is 13.3 Å². The third-order valence-corrected chi connectivity index (χ3v) is 2.49. The molecule has 2 rings (SSSR count). The first-order valence-electron chi connectivity index (χ1n) is 5.58. The molecule has 1 heterocycles. The highest BCUT2D eigenvalue weighted by Gasteiger charge is 2.08. The van der Waals surface area contributed by atoms with Gasteiger partial charge in [0.1, 0.15) is 0 Å². The molecule has 1 aromatic heterocycles. The monoisotopic (exact) mass is 256 g/mol. The molecule has 0 atom stereocenters. The summed E-state index contributed by atoms with van der Waals surface area (Å²) in [5.41, 5.74) is 1.19. The molecular formula is C14H12N2O3. The van der Waals surface area contributed by atoms with Crippen LogP contribution in [0.3, 0.4) is 0 Å². The first-order chi connectivity index (χ1) is 9.26. The molecule has 0 aliphatic carbocycles. The number of aromatic nitrogens is 1. The second kappa shape index (κ2) is 5.85. The maximum absolute atomic E-state index is 9.06. The number of hydrogen-bond donors (Lipinski definition) is 1. The van der Waals surface area contributed by atoms with Gasteiger partial charge in [-0.05, 0) is 23.8 Å². The fourth-order valence-electron chi connectivity index (χ4n) is 1.54. The first kappa shape index (κ1) is 12.9. The fourth-order valence-corrected chi connectivity index (χ4v) is 1.54. The van der Waals surface area contributed by atoms with Gasteiger partial charge in [0.15, 0.2) is 11.5 Å². The lowest BCUT2D eigenvalue weighted by Gasteiger charge is -2.10. The molecule has 0 aliphatic rings. The first-order valence-corrected chi connectivity index (χ1v) is 5.58. The zero-order chi connectivity index (χ0) is 13.7. The van der Waals surface area contributed by atoms with Crippen LogP contribution >= 0.6 is 0 Å². The minimum absolute atomic E-state index is 0.0706. The fraction of sp³-hybridized carbons (Fsp3) is 0.143. The van der Waals surface area contributed by atoms with Crippen molar-refractivity contribution >= 4 is 0 Å². The Morgan fingerprint density at radius 3 is 2.79 bits per heavy atom. The lowest BCUT2D eigenvalue weighted by atomic mass is 10.2. The molecule has 1 aromatic carbocycles. The zero-order valence-corrected chi connectivity index (χ0v) is 10.3. The van der Waals surface area contributed by atoms with E-state index in [0.29, 0.717) is 22.9 Å². The Balaban J connectivity index is 2.30. The second-order valence-corrected chi connectivity index (χ2v) is 3.74. The molecule has 0 saturated heterocycles. The Morgan fingerprint density at radius 2 is 2.11 bits per heavy atom. The van der Waals surface area contributed by atoms with Gasteiger partial charge in [-0.3, -0.25) is 0 Å². The maximum atomic E-state index is 9.06. The number of aliphatic hydroxyl groups is 1. The third-order valence-electron chi connectivity index (χ3n) is 2.49. The number of benzene rings is 1. The number of nitrogens with zero attached hydrogens (tertiary/aromatic N) is 2. The summed E-state index contributed by atoms with van der Waals surface area (Å²) in [5, 5.41) is 17.9. The van der Waals surface area contributed by atoms with Gasteiger partial charge in [-0.25, -0.2) is 4.98 Å². The summed E-state index contributed by atoms with van der Waals surface area (Å²) in [6.07, 6.45) is 1.50. The summed E-state index contributed by atoms with van der Waals surface area (Å²) < 4.78 is 10.8. The van der Waals surface area contributed by atoms with Crippen LogP contribution in [0.5, 0.6) is 17.4 Å². The molecule has 0 radical (unpaired) electrons. The third kappa shape index (κ3) is 3.00. The van der Waals surface area contributed by atoms with Crippen LogP contribution in [0.4, 0.5) is 0 Å². The van der Waals surface area contributed by atoms with Gasteiger partial charge < -0.3 is 14.6 Å². The van der Waals surface area contributed by atoms with Gasteiger partial charge in [0.05, 0.1) is 25.3 Å². The summed E-state index contributed by atoms with van der Waals surface area (Å²) in [7, 11) is 1.52. The van der Waals surface area contributed by atoms with E-state index in [1.807, 2.05) is 6.07 Å². The number of rotatable bonds is 4. The van der Waals surface area contributed by atoms with E-state index in [9.17, 15) is 0 Å². The van der Waals surface area contributed by atoms with Crippen molar-refractivity contribution in [1.29, 1.82) is 5.26 Å². The molecule has 2 aromatic rings. The molecule has 0 aliphatic heterocycles. The van der Waals surface area contributed by atoms with Gasteiger partial charge in [-0.15, -0.1) is 0 Å². The van der Waals surface area contributed by atoms with Gasteiger partial charge in [-0.2, -0.15) is 5.26 Å². The number of ether oxygens (including phenoxy) is 2. The Bertz CT molecular complexity index is 620. The predicted octanol–water partition coefficient (Wildman–Crippen LogP) is 2.25. The molecule has 19 heavy (non-hydrogen) atoms. The van der Waals surface area contributed by atoms with E-state index in [2.05, 4.69) is 4.98 Å². The maximum Gasteiger partial charge on any atom is 0.220 e. The van der Waals surface area contributed by atoms with Gasteiger partial charge in [-0.1, -0.05) is 6.07 Å². The van der Waals surface area contributed by atoms with Crippen LogP contribution in [0.1, 0.15) is 11.1 Å². The van der Waals surface area contributed by atoms with Crippen molar-refractivity contribution in [3.05, 3.63) is 47.7 Å². The summed E-state index contributed by atoms with van der Waals surface area (Å²) >= 11 is 0. The number of methoxy groups -OCH3 is 1. The summed E-state index contributed by atoms with van der Waals surface area (Å²) in [6.45, 7) is -0.0706. The van der Waals surface area contributed by atoms with Crippen LogP contribution in [0.15, 0.2) is 36.5 Å². The molecule has 1 N–H and O–H groups in total. The SMILES string of the molecule is COc1cc(CO)ccc1Oc1cc(C#N)ccn1. The Hall–Kier alpha value is -2.58. The van der Waals surface area contributed by atoms with E-state index >= 15 is 0 Å². The van der Waals surface area contributed by atoms with Crippen molar-refractivity contribution in [3.63, 3.8) is 0 Å². The van der Waals surface area contributed by atoms with Gasteiger partial charge >= 0.3 is 0 Å². The molecular weight excluding hydrogens is 244 g/mol. The van der Waals surface area contributed by atoms with E-state index < -0.39 is 0 Å². The van der Waals surface area contributed by atoms with E-state index in [4.69, 9.17) is 19.8 Å². The van der Waals surface area contributed by atoms with Crippen LogP contribution in [-0.2, 0) is 6.61 Å². The zero-order valence-electron chi connectivity index (χ0n) is 10.3. The molecule has 0 spiro atoms. The molecule has 0 amide bonds. The quantitative estimate of drug-likeness (QED) is 0.907. The lowest BCUT2D eigenvalue weighted by Crippen LogP contribution is -1.94. The van der Waals surface area contributed by atoms with E-state index in [0.717, 1.165) is 5.56 Å². The van der Waals surface area contributed by atoms with Crippen molar-refractivity contribution in [1.82, 2.24) is 4.98 Å². The number of pyridine rings is 1. The van der Waals surface area contributed by atoms with E-state index in [-0.39, 0.29) is 6.61 Å². The standard InChI is InChI=1S/C14H12N2O3/c1-18-13-6-11(9-17)2-3-12(13)19-14-7-10(8-15)4-5-16-14/h2-7,17H,9H2,1H3. The van der Waals surface area contributed by atoms with Crippen LogP contribution in [0, 0.1) is 11.3 Å². The average molecular weight is 256 g/mol. The lowest BCUT2D eigenvalue weighted by molar-refractivity contribution is 0.280. The number of aliphatic hydroxyl groups excluding tert-OH is 1. The largest absolute Gasteiger partial charge is 0.493 e. The van der Waals surface area contributed by atoms with Crippen molar-refractivity contribution < 1.29 is 14.6 Å². The van der Waals surface area contributed by atoms with Crippen molar-refractivity contribution in [2.24, 2.45) is 0 Å². The van der Waals surface area contributed by atoms with Crippen LogP contribution in [0.2, 0.25) is 0 Å². The Kier molecular flexibility index (Phi) is 3.96. The normalized spacial score (nSPS) is 9.74. The summed E-state index contributed by atoms with van der Waals surface area (Å²) in [5.74, 6) is 1.28. The molecule has 0 fully saturated rings. The summed E-state index contributed by atoms with van der Waals surface area (Å²) in [4.78, 5) is 4.02. The number of hydrogen-bond acceptors (Lipinski definition) is 5. The topological polar surface area (TPSA) is 75.4 Å². The van der Waals surface area contributed by atoms with Gasteiger partial charge in [0.2, 0.25) is 5.88 Å². The van der Waals surface area contributed by atoms with Crippen molar-refractivity contribution in [2.45, 2.75) is 6.61 Å². The molecule has 5 heteroatoms. The average Bonchev–Trinajstić information content (AvgIpc) is 2.48. The molecule has 0 saturated carbocycles. The minimum atomic E-state index is -0.0706. The predicted molar refractivity (Wildman–Crippen MR) is 67.9 cm³/mol. The van der Waals surface area contributed by atoms with Crippen LogP contribution < -0.4 is 9.47 Å². The highest BCUT2D eigenvalue weighted by atomic mass is 16.5. The van der Waals surface area contributed by atoms with Crippen LogP contribution in [0.25, 0.3) is 0 Å². The Morgan fingerprint density at radius 1 is 1.26 bits per heavy atom. The van der Waals surface area contributed by atoms with Gasteiger partial charge in [0.25, 0.3) is 0 Å². The number of nitriles is 1. The highest BCUT2D eigenvalue weighted by Crippen LogP contribution is 2.31. The van der Waals surface area contributed by atoms with Crippen LogP contribution in [-0.4, -0.2) is 17.2 Å². The molecule has 5 nitrogen and oxygen atoms in total. The van der Waals surface area contributed by atoms with Crippen molar-refractivity contribution in [3.8, 4) is 23.4 Å². The molecule has 96 valence electrons. The Labute approximate surface area is 110 Å². The summed E-state index contributed by atoms with van der Waals surface area (Å²) in [6, 6.07) is 10.3. The second-order valence-electron chi connectivity index (χ2n) is 3.74. The molecule has 0 unspecified atom stereocenters. The molecule has 0 bridgehead atoms. The van der Waals surface area contributed by atoms with E-state index in [1.54, 1.807) is 30.3 Å². The smallest absolute Gasteiger partial charge is 0.220 e. The minimum Gasteiger partial charge on any atom is -0.493 e.